The van der Waals surface area contributed by atoms with E-state index in [9.17, 15) is 14.7 Å². The van der Waals surface area contributed by atoms with Gasteiger partial charge in [-0.2, -0.15) is 0 Å². The first-order valence-corrected chi connectivity index (χ1v) is 6.75. The monoisotopic (exact) mass is 343 g/mol. The summed E-state index contributed by atoms with van der Waals surface area (Å²) in [6.07, 6.45) is 0.246. The summed E-state index contributed by atoms with van der Waals surface area (Å²) in [6.45, 7) is 0.279. The molecule has 1 aromatic rings. The van der Waals surface area contributed by atoms with Crippen LogP contribution in [0.4, 0.5) is 0 Å². The fourth-order valence-corrected chi connectivity index (χ4v) is 2.40. The van der Waals surface area contributed by atoms with Crippen LogP contribution in [0.2, 0.25) is 0 Å². The van der Waals surface area contributed by atoms with Crippen LogP contribution in [0, 0.1) is 0 Å². The van der Waals surface area contributed by atoms with Crippen LogP contribution >= 0.6 is 15.9 Å². The Hall–Kier alpha value is -1.60. The van der Waals surface area contributed by atoms with Gasteiger partial charge in [0.1, 0.15) is 5.75 Å². The number of amides is 1. The number of halogens is 1. The van der Waals surface area contributed by atoms with Gasteiger partial charge in [-0.15, -0.1) is 0 Å². The summed E-state index contributed by atoms with van der Waals surface area (Å²) < 4.78 is 10.7. The van der Waals surface area contributed by atoms with E-state index in [1.165, 1.54) is 7.11 Å². The predicted molar refractivity (Wildman–Crippen MR) is 74.0 cm³/mol. The number of hydrogen-bond acceptors (Lipinski definition) is 4. The van der Waals surface area contributed by atoms with Crippen LogP contribution in [0.5, 0.6) is 5.75 Å². The van der Waals surface area contributed by atoms with E-state index < -0.39 is 17.4 Å². The minimum atomic E-state index is -1.36. The van der Waals surface area contributed by atoms with Gasteiger partial charge in [0.05, 0.1) is 19.3 Å². The highest BCUT2D eigenvalue weighted by molar-refractivity contribution is 9.10. The van der Waals surface area contributed by atoms with Crippen LogP contribution < -0.4 is 10.1 Å². The summed E-state index contributed by atoms with van der Waals surface area (Å²) in [4.78, 5) is 23.7. The summed E-state index contributed by atoms with van der Waals surface area (Å²) in [5, 5.41) is 11.8. The molecule has 0 radical (unpaired) electrons. The maximum atomic E-state index is 12.3. The van der Waals surface area contributed by atoms with Gasteiger partial charge in [-0.25, -0.2) is 4.79 Å². The van der Waals surface area contributed by atoms with Gasteiger partial charge in [0, 0.05) is 17.5 Å². The quantitative estimate of drug-likeness (QED) is 0.863. The van der Waals surface area contributed by atoms with Crippen LogP contribution in [0.3, 0.4) is 0 Å². The van der Waals surface area contributed by atoms with Crippen LogP contribution in [0.15, 0.2) is 22.7 Å². The minimum absolute atomic E-state index is 0.0321. The van der Waals surface area contributed by atoms with E-state index in [2.05, 4.69) is 21.2 Å². The molecule has 1 saturated heterocycles. The fraction of sp³-hybridized carbons (Fsp3) is 0.385. The fourth-order valence-electron chi connectivity index (χ4n) is 1.98. The summed E-state index contributed by atoms with van der Waals surface area (Å²) in [5.74, 6) is -1.06. The highest BCUT2D eigenvalue weighted by atomic mass is 79.9. The van der Waals surface area contributed by atoms with E-state index >= 15 is 0 Å². The molecule has 6 nitrogen and oxygen atoms in total. The molecule has 20 heavy (non-hydrogen) atoms. The molecule has 2 N–H and O–H groups in total. The predicted octanol–water partition coefficient (Wildman–Crippen LogP) is 1.43. The molecule has 0 aromatic heterocycles. The van der Waals surface area contributed by atoms with E-state index in [4.69, 9.17) is 9.47 Å². The third-order valence-electron chi connectivity index (χ3n) is 3.20. The lowest BCUT2D eigenvalue weighted by molar-refractivity contribution is -0.144. The highest BCUT2D eigenvalue weighted by Crippen LogP contribution is 2.25. The van der Waals surface area contributed by atoms with Crippen molar-refractivity contribution in [3.63, 3.8) is 0 Å². The molecule has 1 fully saturated rings. The van der Waals surface area contributed by atoms with Crippen molar-refractivity contribution in [3.8, 4) is 5.75 Å². The van der Waals surface area contributed by atoms with Gasteiger partial charge < -0.3 is 19.9 Å². The minimum Gasteiger partial charge on any atom is -0.497 e. The molecule has 2 rings (SSSR count). The molecule has 0 spiro atoms. The number of methoxy groups -OCH3 is 1. The second-order valence-electron chi connectivity index (χ2n) is 4.49. The van der Waals surface area contributed by atoms with Gasteiger partial charge >= 0.3 is 5.97 Å². The lowest BCUT2D eigenvalue weighted by Gasteiger charge is -2.24. The molecular weight excluding hydrogens is 330 g/mol. The van der Waals surface area contributed by atoms with Crippen LogP contribution in [-0.4, -0.2) is 42.8 Å². The van der Waals surface area contributed by atoms with Gasteiger partial charge in [0.15, 0.2) is 5.54 Å². The first kappa shape index (κ1) is 14.8. The van der Waals surface area contributed by atoms with Crippen LogP contribution in [-0.2, 0) is 9.53 Å². The Balaban J connectivity index is 2.25. The van der Waals surface area contributed by atoms with Crippen molar-refractivity contribution in [2.45, 2.75) is 12.0 Å². The number of hydrogen-bond donors (Lipinski definition) is 2. The zero-order valence-corrected chi connectivity index (χ0v) is 12.4. The maximum Gasteiger partial charge on any atom is 0.331 e. The average molecular weight is 344 g/mol. The number of ether oxygens (including phenoxy) is 2. The molecule has 1 amide bonds. The number of rotatable bonds is 4. The number of nitrogens with one attached hydrogen (secondary N) is 1. The molecule has 1 heterocycles. The van der Waals surface area contributed by atoms with Gasteiger partial charge in [0.2, 0.25) is 0 Å². The number of aliphatic carboxylic acids is 1. The molecular formula is C13H14BrNO5. The standard InChI is InChI=1S/C13H14BrNO5/c1-19-8-2-3-10(14)9(6-8)11(16)15-13(12(17)18)4-5-20-7-13/h2-3,6H,4-5,7H2,1H3,(H,15,16)(H,17,18). The summed E-state index contributed by atoms with van der Waals surface area (Å²) >= 11 is 3.27. The summed E-state index contributed by atoms with van der Waals surface area (Å²) in [6, 6.07) is 4.92. The number of carboxylic acids is 1. The van der Waals surface area contributed by atoms with Gasteiger partial charge in [-0.3, -0.25) is 4.79 Å². The van der Waals surface area contributed by atoms with E-state index in [0.717, 1.165) is 0 Å². The number of carboxylic acid groups (broad SMARTS) is 1. The van der Waals surface area contributed by atoms with Crippen molar-refractivity contribution < 1.29 is 24.2 Å². The largest absolute Gasteiger partial charge is 0.497 e. The Bertz CT molecular complexity index is 540. The maximum absolute atomic E-state index is 12.3. The third-order valence-corrected chi connectivity index (χ3v) is 3.89. The number of carbonyl (C=O) groups is 2. The third kappa shape index (κ3) is 2.78. The van der Waals surface area contributed by atoms with Crippen molar-refractivity contribution in [2.75, 3.05) is 20.3 Å². The Morgan fingerprint density at radius 3 is 2.80 bits per heavy atom. The van der Waals surface area contributed by atoms with Crippen molar-refractivity contribution in [1.29, 1.82) is 0 Å². The molecule has 1 atom stereocenters. The first-order chi connectivity index (χ1) is 9.48. The van der Waals surface area contributed by atoms with E-state index in [1.807, 2.05) is 0 Å². The second kappa shape index (κ2) is 5.80. The molecule has 1 aromatic carbocycles. The Morgan fingerprint density at radius 1 is 1.50 bits per heavy atom. The van der Waals surface area contributed by atoms with Crippen molar-refractivity contribution in [2.24, 2.45) is 0 Å². The Labute approximate surface area is 124 Å². The number of benzene rings is 1. The average Bonchev–Trinajstić information content (AvgIpc) is 2.89. The van der Waals surface area contributed by atoms with Crippen molar-refractivity contribution in [1.82, 2.24) is 5.32 Å². The van der Waals surface area contributed by atoms with E-state index in [-0.39, 0.29) is 13.0 Å². The lowest BCUT2D eigenvalue weighted by Crippen LogP contribution is -2.55. The molecule has 0 aliphatic carbocycles. The molecule has 7 heteroatoms. The smallest absolute Gasteiger partial charge is 0.331 e. The van der Waals surface area contributed by atoms with Crippen LogP contribution in [0.25, 0.3) is 0 Å². The normalized spacial score (nSPS) is 21.5. The number of carbonyl (C=O) groups excluding carboxylic acids is 1. The van der Waals surface area contributed by atoms with Crippen molar-refractivity contribution >= 4 is 27.8 Å². The van der Waals surface area contributed by atoms with E-state index in [1.54, 1.807) is 18.2 Å². The molecule has 108 valence electrons. The molecule has 1 aliphatic rings. The Morgan fingerprint density at radius 2 is 2.25 bits per heavy atom. The SMILES string of the molecule is COc1ccc(Br)c(C(=O)NC2(C(=O)O)CCOC2)c1. The van der Waals surface area contributed by atoms with Crippen molar-refractivity contribution in [3.05, 3.63) is 28.2 Å². The van der Waals surface area contributed by atoms with Gasteiger partial charge in [-0.1, -0.05) is 0 Å². The van der Waals surface area contributed by atoms with E-state index in [0.29, 0.717) is 22.4 Å². The van der Waals surface area contributed by atoms with Gasteiger partial charge in [0.25, 0.3) is 5.91 Å². The highest BCUT2D eigenvalue weighted by Gasteiger charge is 2.44. The zero-order valence-electron chi connectivity index (χ0n) is 10.8. The molecule has 1 unspecified atom stereocenters. The van der Waals surface area contributed by atoms with Crippen LogP contribution in [0.1, 0.15) is 16.8 Å². The Kier molecular flexibility index (Phi) is 4.29. The molecule has 0 bridgehead atoms. The molecule has 0 saturated carbocycles. The second-order valence-corrected chi connectivity index (χ2v) is 5.34. The first-order valence-electron chi connectivity index (χ1n) is 5.96. The zero-order chi connectivity index (χ0) is 14.8. The molecule has 1 aliphatic heterocycles. The van der Waals surface area contributed by atoms with Gasteiger partial charge in [-0.05, 0) is 34.1 Å². The summed E-state index contributed by atoms with van der Waals surface area (Å²) in [5.41, 5.74) is -1.04. The summed E-state index contributed by atoms with van der Waals surface area (Å²) in [7, 11) is 1.49. The lowest BCUT2D eigenvalue weighted by atomic mass is 9.98. The topological polar surface area (TPSA) is 84.9 Å².